The first-order valence-corrected chi connectivity index (χ1v) is 6.95. The zero-order chi connectivity index (χ0) is 11.7. The van der Waals surface area contributed by atoms with Gasteiger partial charge in [-0.05, 0) is 18.2 Å². The molecule has 0 bridgehead atoms. The maximum atomic E-state index is 12.4. The van der Waals surface area contributed by atoms with Crippen molar-refractivity contribution in [3.8, 4) is 0 Å². The second kappa shape index (κ2) is 4.45. The number of carbonyl (C=O) groups is 1. The van der Waals surface area contributed by atoms with Gasteiger partial charge >= 0.3 is 0 Å². The Morgan fingerprint density at radius 2 is 2.06 bits per heavy atom. The highest BCUT2D eigenvalue weighted by Gasteiger charge is 2.19. The zero-order valence-corrected chi connectivity index (χ0v) is 10.3. The van der Waals surface area contributed by atoms with E-state index in [0.717, 1.165) is 41.1 Å². The molecule has 1 fully saturated rings. The van der Waals surface area contributed by atoms with E-state index in [4.69, 9.17) is 0 Å². The second-order valence-corrected chi connectivity index (χ2v) is 5.37. The lowest BCUT2D eigenvalue weighted by molar-refractivity contribution is 0.0774. The number of thioether (sulfide) groups is 1. The van der Waals surface area contributed by atoms with E-state index in [-0.39, 0.29) is 5.91 Å². The minimum atomic E-state index is 0.163. The van der Waals surface area contributed by atoms with Crippen LogP contribution in [0.2, 0.25) is 0 Å². The van der Waals surface area contributed by atoms with Gasteiger partial charge in [0.2, 0.25) is 0 Å². The highest BCUT2D eigenvalue weighted by molar-refractivity contribution is 7.99. The molecule has 0 unspecified atom stereocenters. The third kappa shape index (κ3) is 1.93. The van der Waals surface area contributed by atoms with Gasteiger partial charge < -0.3 is 9.88 Å². The molecule has 0 aliphatic carbocycles. The fourth-order valence-electron chi connectivity index (χ4n) is 2.21. The number of H-pyrrole nitrogens is 1. The van der Waals surface area contributed by atoms with Crippen molar-refractivity contribution in [3.63, 3.8) is 0 Å². The Hall–Kier alpha value is -1.42. The smallest absolute Gasteiger partial charge is 0.254 e. The monoisotopic (exact) mass is 246 g/mol. The second-order valence-electron chi connectivity index (χ2n) is 4.15. The van der Waals surface area contributed by atoms with Crippen LogP contribution >= 0.6 is 11.8 Å². The average molecular weight is 246 g/mol. The summed E-state index contributed by atoms with van der Waals surface area (Å²) >= 11 is 1.92. The van der Waals surface area contributed by atoms with Crippen LogP contribution in [0, 0.1) is 0 Å². The number of nitrogens with one attached hydrogen (secondary N) is 1. The van der Waals surface area contributed by atoms with Crippen LogP contribution in [-0.2, 0) is 0 Å². The number of aromatic nitrogens is 1. The van der Waals surface area contributed by atoms with Gasteiger partial charge in [0.1, 0.15) is 0 Å². The quantitative estimate of drug-likeness (QED) is 0.838. The van der Waals surface area contributed by atoms with Crippen molar-refractivity contribution in [2.24, 2.45) is 0 Å². The number of rotatable bonds is 1. The van der Waals surface area contributed by atoms with Crippen LogP contribution in [0.15, 0.2) is 30.5 Å². The van der Waals surface area contributed by atoms with Gasteiger partial charge in [-0.25, -0.2) is 0 Å². The van der Waals surface area contributed by atoms with Gasteiger partial charge in [0.15, 0.2) is 0 Å². The number of amides is 1. The molecule has 0 spiro atoms. The fraction of sp³-hybridized carbons (Fsp3) is 0.308. The lowest BCUT2D eigenvalue weighted by Gasteiger charge is -2.26. The van der Waals surface area contributed by atoms with Crippen molar-refractivity contribution in [1.82, 2.24) is 9.88 Å². The highest BCUT2D eigenvalue weighted by atomic mass is 32.2. The van der Waals surface area contributed by atoms with Gasteiger partial charge in [-0.1, -0.05) is 6.07 Å². The number of aromatic amines is 1. The Balaban J connectivity index is 1.97. The molecule has 17 heavy (non-hydrogen) atoms. The molecule has 1 saturated heterocycles. The molecule has 1 aromatic carbocycles. The maximum Gasteiger partial charge on any atom is 0.254 e. The molecule has 0 saturated carbocycles. The zero-order valence-electron chi connectivity index (χ0n) is 9.48. The molecular weight excluding hydrogens is 232 g/mol. The molecule has 3 rings (SSSR count). The average Bonchev–Trinajstić information content (AvgIpc) is 2.87. The van der Waals surface area contributed by atoms with Gasteiger partial charge in [0.05, 0.1) is 0 Å². The van der Waals surface area contributed by atoms with Gasteiger partial charge in [-0.15, -0.1) is 0 Å². The van der Waals surface area contributed by atoms with Crippen molar-refractivity contribution < 1.29 is 4.79 Å². The lowest BCUT2D eigenvalue weighted by Crippen LogP contribution is -2.37. The Morgan fingerprint density at radius 1 is 1.24 bits per heavy atom. The van der Waals surface area contributed by atoms with Crippen molar-refractivity contribution >= 4 is 28.6 Å². The first-order chi connectivity index (χ1) is 8.36. The highest BCUT2D eigenvalue weighted by Crippen LogP contribution is 2.20. The maximum absolute atomic E-state index is 12.4. The molecule has 0 atom stereocenters. The molecule has 3 nitrogen and oxygen atoms in total. The van der Waals surface area contributed by atoms with Crippen molar-refractivity contribution in [2.45, 2.75) is 0 Å². The topological polar surface area (TPSA) is 36.1 Å². The Kier molecular flexibility index (Phi) is 2.81. The number of hydrogen-bond acceptors (Lipinski definition) is 2. The standard InChI is InChI=1S/C13H14N2OS/c16-13(15-6-8-17-9-7-15)11-2-1-3-12-10(11)4-5-14-12/h1-5,14H,6-9H2. The van der Waals surface area contributed by atoms with E-state index in [9.17, 15) is 4.79 Å². The van der Waals surface area contributed by atoms with Gasteiger partial charge in [0, 0.05) is 47.3 Å². The normalized spacial score (nSPS) is 16.4. The summed E-state index contributed by atoms with van der Waals surface area (Å²) in [6, 6.07) is 7.82. The van der Waals surface area contributed by atoms with Crippen molar-refractivity contribution in [2.75, 3.05) is 24.6 Å². The largest absolute Gasteiger partial charge is 0.361 e. The number of hydrogen-bond donors (Lipinski definition) is 1. The van der Waals surface area contributed by atoms with E-state index in [2.05, 4.69) is 4.98 Å². The van der Waals surface area contributed by atoms with E-state index in [1.807, 2.05) is 47.1 Å². The summed E-state index contributed by atoms with van der Waals surface area (Å²) in [5.74, 6) is 2.26. The Labute approximate surface area is 104 Å². The molecule has 88 valence electrons. The third-order valence-electron chi connectivity index (χ3n) is 3.12. The van der Waals surface area contributed by atoms with Crippen LogP contribution in [0.3, 0.4) is 0 Å². The summed E-state index contributed by atoms with van der Waals surface area (Å²) in [6.45, 7) is 1.73. The van der Waals surface area contributed by atoms with Crippen molar-refractivity contribution in [3.05, 3.63) is 36.0 Å². The molecule has 1 N–H and O–H groups in total. The molecule has 1 aliphatic heterocycles. The lowest BCUT2D eigenvalue weighted by atomic mass is 10.1. The molecule has 1 amide bonds. The van der Waals surface area contributed by atoms with E-state index in [1.165, 1.54) is 0 Å². The van der Waals surface area contributed by atoms with Crippen LogP contribution in [0.5, 0.6) is 0 Å². The summed E-state index contributed by atoms with van der Waals surface area (Å²) in [5.41, 5.74) is 1.85. The van der Waals surface area contributed by atoms with E-state index < -0.39 is 0 Å². The van der Waals surface area contributed by atoms with Crippen LogP contribution in [0.1, 0.15) is 10.4 Å². The van der Waals surface area contributed by atoms with Gasteiger partial charge in [-0.2, -0.15) is 11.8 Å². The summed E-state index contributed by atoms with van der Waals surface area (Å²) in [7, 11) is 0. The van der Waals surface area contributed by atoms with E-state index in [1.54, 1.807) is 0 Å². The number of carbonyl (C=O) groups excluding carboxylic acids is 1. The van der Waals surface area contributed by atoms with Crippen LogP contribution in [0.4, 0.5) is 0 Å². The first kappa shape index (κ1) is 10.7. The van der Waals surface area contributed by atoms with E-state index in [0.29, 0.717) is 0 Å². The van der Waals surface area contributed by atoms with Crippen molar-refractivity contribution in [1.29, 1.82) is 0 Å². The van der Waals surface area contributed by atoms with Crippen LogP contribution in [0.25, 0.3) is 10.9 Å². The molecular formula is C13H14N2OS. The molecule has 1 aromatic heterocycles. The molecule has 2 heterocycles. The van der Waals surface area contributed by atoms with E-state index >= 15 is 0 Å². The molecule has 4 heteroatoms. The summed E-state index contributed by atoms with van der Waals surface area (Å²) in [5, 5.41) is 1.02. The predicted molar refractivity (Wildman–Crippen MR) is 71.5 cm³/mol. The van der Waals surface area contributed by atoms with Gasteiger partial charge in [-0.3, -0.25) is 4.79 Å². The summed E-state index contributed by atoms with van der Waals surface area (Å²) in [6.07, 6.45) is 1.88. The number of nitrogens with zero attached hydrogens (tertiary/aromatic N) is 1. The third-order valence-corrected chi connectivity index (χ3v) is 4.07. The predicted octanol–water partition coefficient (Wildman–Crippen LogP) is 2.36. The minimum absolute atomic E-state index is 0.163. The Bertz CT molecular complexity index is 543. The molecule has 0 radical (unpaired) electrons. The van der Waals surface area contributed by atoms with Crippen LogP contribution in [-0.4, -0.2) is 40.4 Å². The summed E-state index contributed by atoms with van der Waals surface area (Å²) < 4.78 is 0. The molecule has 1 aliphatic rings. The molecule has 2 aromatic rings. The summed E-state index contributed by atoms with van der Waals surface area (Å²) in [4.78, 5) is 17.5. The number of fused-ring (bicyclic) bond motifs is 1. The van der Waals surface area contributed by atoms with Crippen LogP contribution < -0.4 is 0 Å². The fourth-order valence-corrected chi connectivity index (χ4v) is 3.11. The first-order valence-electron chi connectivity index (χ1n) is 5.79. The van der Waals surface area contributed by atoms with Gasteiger partial charge in [0.25, 0.3) is 5.91 Å². The SMILES string of the molecule is O=C(c1cccc2[nH]ccc12)N1CCSCC1. The Morgan fingerprint density at radius 3 is 2.88 bits per heavy atom. The minimum Gasteiger partial charge on any atom is -0.361 e. The number of benzene rings is 1.